The minimum Gasteiger partial charge on any atom is -0.353 e. The van der Waals surface area contributed by atoms with E-state index in [2.05, 4.69) is 5.32 Å². The third kappa shape index (κ3) is 4.36. The lowest BCUT2D eigenvalue weighted by atomic mass is 10.1. The molecule has 0 bridgehead atoms. The summed E-state index contributed by atoms with van der Waals surface area (Å²) in [7, 11) is 3.88. The summed E-state index contributed by atoms with van der Waals surface area (Å²) in [6.45, 7) is 0.467. The lowest BCUT2D eigenvalue weighted by Gasteiger charge is -2.25. The van der Waals surface area contributed by atoms with Crippen molar-refractivity contribution in [2.75, 3.05) is 20.6 Å². The third-order valence-corrected chi connectivity index (χ3v) is 2.86. The summed E-state index contributed by atoms with van der Waals surface area (Å²) in [5, 5.41) is 11.8. The van der Waals surface area contributed by atoms with Gasteiger partial charge in [0.1, 0.15) is 6.42 Å². The van der Waals surface area contributed by atoms with Gasteiger partial charge in [0.25, 0.3) is 0 Å². The highest BCUT2D eigenvalue weighted by atomic mass is 35.5. The molecule has 0 saturated carbocycles. The highest BCUT2D eigenvalue weighted by molar-refractivity contribution is 6.30. The maximum Gasteiger partial charge on any atom is 0.234 e. The lowest BCUT2D eigenvalue weighted by molar-refractivity contribution is -0.120. The normalized spacial score (nSPS) is 11.9. The predicted octanol–water partition coefficient (Wildman–Crippen LogP) is 1.97. The molecule has 1 rings (SSSR count). The van der Waals surface area contributed by atoms with Crippen molar-refractivity contribution in [3.8, 4) is 6.07 Å². The second kappa shape index (κ2) is 7.00. The van der Waals surface area contributed by atoms with Crippen molar-refractivity contribution in [3.05, 3.63) is 34.9 Å². The third-order valence-electron chi connectivity index (χ3n) is 2.61. The second-order valence-corrected chi connectivity index (χ2v) is 4.61. The zero-order valence-electron chi connectivity index (χ0n) is 10.5. The standard InChI is InChI=1S/C13H16ClN3O/c1-17(2)12(9-16-13(18)7-8-15)10-3-5-11(14)6-4-10/h3-6,12H,7,9H2,1-2H3,(H,16,18). The highest BCUT2D eigenvalue weighted by Crippen LogP contribution is 2.19. The van der Waals surface area contributed by atoms with Crippen LogP contribution in [-0.2, 0) is 4.79 Å². The summed E-state index contributed by atoms with van der Waals surface area (Å²) in [4.78, 5) is 13.3. The van der Waals surface area contributed by atoms with E-state index in [1.54, 1.807) is 0 Å². The number of hydrogen-bond acceptors (Lipinski definition) is 3. The van der Waals surface area contributed by atoms with Crippen molar-refractivity contribution < 1.29 is 4.79 Å². The number of carbonyl (C=O) groups is 1. The van der Waals surface area contributed by atoms with Crippen molar-refractivity contribution in [3.63, 3.8) is 0 Å². The van der Waals surface area contributed by atoms with E-state index in [1.807, 2.05) is 49.3 Å². The van der Waals surface area contributed by atoms with Crippen LogP contribution < -0.4 is 5.32 Å². The van der Waals surface area contributed by atoms with Gasteiger partial charge in [0.2, 0.25) is 5.91 Å². The molecule has 5 heteroatoms. The molecule has 0 fully saturated rings. The smallest absolute Gasteiger partial charge is 0.234 e. The van der Waals surface area contributed by atoms with Gasteiger partial charge in [-0.2, -0.15) is 5.26 Å². The Balaban J connectivity index is 2.69. The van der Waals surface area contributed by atoms with Crippen LogP contribution in [0.3, 0.4) is 0 Å². The maximum atomic E-state index is 11.3. The molecule has 1 aromatic carbocycles. The monoisotopic (exact) mass is 265 g/mol. The van der Waals surface area contributed by atoms with Gasteiger partial charge in [-0.25, -0.2) is 0 Å². The summed E-state index contributed by atoms with van der Waals surface area (Å²) in [5.41, 5.74) is 1.07. The highest BCUT2D eigenvalue weighted by Gasteiger charge is 2.14. The number of benzene rings is 1. The Hall–Kier alpha value is -1.57. The van der Waals surface area contributed by atoms with Gasteiger partial charge >= 0.3 is 0 Å². The molecule has 1 unspecified atom stereocenters. The van der Waals surface area contributed by atoms with Crippen LogP contribution in [0.25, 0.3) is 0 Å². The molecule has 1 amide bonds. The molecule has 0 aromatic heterocycles. The summed E-state index contributed by atoms with van der Waals surface area (Å²) >= 11 is 5.85. The Morgan fingerprint density at radius 2 is 2.06 bits per heavy atom. The number of nitriles is 1. The first kappa shape index (κ1) is 14.5. The number of nitrogens with zero attached hydrogens (tertiary/aromatic N) is 2. The van der Waals surface area contributed by atoms with E-state index in [4.69, 9.17) is 16.9 Å². The molecule has 1 atom stereocenters. The Bertz CT molecular complexity index is 437. The zero-order valence-corrected chi connectivity index (χ0v) is 11.2. The molecule has 0 aliphatic carbocycles. The van der Waals surface area contributed by atoms with Gasteiger partial charge in [-0.15, -0.1) is 0 Å². The number of nitrogens with one attached hydrogen (secondary N) is 1. The van der Waals surface area contributed by atoms with Crippen LogP contribution >= 0.6 is 11.6 Å². The molecule has 1 aromatic rings. The van der Waals surface area contributed by atoms with Crippen LogP contribution in [0.5, 0.6) is 0 Å². The van der Waals surface area contributed by atoms with Gasteiger partial charge < -0.3 is 10.2 Å². The van der Waals surface area contributed by atoms with Crippen molar-refractivity contribution in [2.24, 2.45) is 0 Å². The molecule has 0 aliphatic rings. The van der Waals surface area contributed by atoms with Crippen molar-refractivity contribution in [2.45, 2.75) is 12.5 Å². The summed E-state index contributed by atoms with van der Waals surface area (Å²) in [6.07, 6.45) is -0.110. The molecule has 1 N–H and O–H groups in total. The molecular weight excluding hydrogens is 250 g/mol. The number of rotatable bonds is 5. The Morgan fingerprint density at radius 3 is 2.56 bits per heavy atom. The summed E-state index contributed by atoms with van der Waals surface area (Å²) < 4.78 is 0. The van der Waals surface area contributed by atoms with E-state index in [0.29, 0.717) is 11.6 Å². The summed E-state index contributed by atoms with van der Waals surface area (Å²) in [5.74, 6) is -0.252. The number of amides is 1. The average molecular weight is 266 g/mol. The maximum absolute atomic E-state index is 11.3. The van der Waals surface area contributed by atoms with Gasteiger partial charge in [0, 0.05) is 11.6 Å². The van der Waals surface area contributed by atoms with Gasteiger partial charge in [0.05, 0.1) is 12.1 Å². The average Bonchev–Trinajstić information content (AvgIpc) is 2.31. The minimum absolute atomic E-state index is 0.0601. The van der Waals surface area contributed by atoms with Crippen LogP contribution in [-0.4, -0.2) is 31.4 Å². The molecule has 4 nitrogen and oxygen atoms in total. The van der Waals surface area contributed by atoms with Crippen LogP contribution in [0.1, 0.15) is 18.0 Å². The molecular formula is C13H16ClN3O. The minimum atomic E-state index is -0.252. The fraction of sp³-hybridized carbons (Fsp3) is 0.385. The SMILES string of the molecule is CN(C)C(CNC(=O)CC#N)c1ccc(Cl)cc1. The van der Waals surface area contributed by atoms with Crippen molar-refractivity contribution in [1.82, 2.24) is 10.2 Å². The van der Waals surface area contributed by atoms with Gasteiger partial charge in [0.15, 0.2) is 0 Å². The molecule has 0 spiro atoms. The van der Waals surface area contributed by atoms with Gasteiger partial charge in [-0.3, -0.25) is 4.79 Å². The van der Waals surface area contributed by atoms with Crippen LogP contribution in [0, 0.1) is 11.3 Å². The van der Waals surface area contributed by atoms with E-state index in [-0.39, 0.29) is 18.4 Å². The van der Waals surface area contributed by atoms with E-state index >= 15 is 0 Å². The van der Waals surface area contributed by atoms with E-state index in [9.17, 15) is 4.79 Å². The lowest BCUT2D eigenvalue weighted by Crippen LogP contribution is -2.34. The largest absolute Gasteiger partial charge is 0.353 e. The quantitative estimate of drug-likeness (QED) is 0.886. The number of hydrogen-bond donors (Lipinski definition) is 1. The summed E-state index contributed by atoms with van der Waals surface area (Å²) in [6, 6.07) is 9.40. The van der Waals surface area contributed by atoms with Crippen LogP contribution in [0.2, 0.25) is 5.02 Å². The number of carbonyl (C=O) groups excluding carboxylic acids is 1. The first-order chi connectivity index (χ1) is 8.54. The predicted molar refractivity (Wildman–Crippen MR) is 71.1 cm³/mol. The molecule has 0 heterocycles. The van der Waals surface area contributed by atoms with Gasteiger partial charge in [-0.1, -0.05) is 23.7 Å². The van der Waals surface area contributed by atoms with Crippen LogP contribution in [0.15, 0.2) is 24.3 Å². The Labute approximate surface area is 112 Å². The molecule has 0 radical (unpaired) electrons. The first-order valence-corrected chi connectivity index (χ1v) is 5.98. The van der Waals surface area contributed by atoms with E-state index in [1.165, 1.54) is 0 Å². The fourth-order valence-corrected chi connectivity index (χ4v) is 1.75. The molecule has 0 aliphatic heterocycles. The van der Waals surface area contributed by atoms with E-state index < -0.39 is 0 Å². The van der Waals surface area contributed by atoms with Crippen molar-refractivity contribution in [1.29, 1.82) is 5.26 Å². The molecule has 18 heavy (non-hydrogen) atoms. The molecule has 0 saturated heterocycles. The van der Waals surface area contributed by atoms with Crippen LogP contribution in [0.4, 0.5) is 0 Å². The number of halogens is 1. The van der Waals surface area contributed by atoms with E-state index in [0.717, 1.165) is 5.56 Å². The Morgan fingerprint density at radius 1 is 1.44 bits per heavy atom. The second-order valence-electron chi connectivity index (χ2n) is 4.17. The topological polar surface area (TPSA) is 56.1 Å². The molecule has 96 valence electrons. The first-order valence-electron chi connectivity index (χ1n) is 5.60. The van der Waals surface area contributed by atoms with Gasteiger partial charge in [-0.05, 0) is 31.8 Å². The zero-order chi connectivity index (χ0) is 13.5. The Kier molecular flexibility index (Phi) is 5.63. The number of likely N-dealkylation sites (N-methyl/N-ethyl adjacent to an activating group) is 1. The fourth-order valence-electron chi connectivity index (χ4n) is 1.63. The van der Waals surface area contributed by atoms with Crippen molar-refractivity contribution >= 4 is 17.5 Å².